The van der Waals surface area contributed by atoms with Crippen molar-refractivity contribution in [3.8, 4) is 0 Å². The summed E-state index contributed by atoms with van der Waals surface area (Å²) in [5, 5.41) is 9.86. The summed E-state index contributed by atoms with van der Waals surface area (Å²) in [6, 6.07) is 0. The number of hydrogen-bond donors (Lipinski definition) is 1. The van der Waals surface area contributed by atoms with E-state index in [1.54, 1.807) is 7.11 Å². The van der Waals surface area contributed by atoms with Crippen molar-refractivity contribution in [1.82, 2.24) is 0 Å². The minimum Gasteiger partial charge on any atom is -0.393 e. The molecule has 0 bridgehead atoms. The lowest BCUT2D eigenvalue weighted by Gasteiger charge is -2.18. The van der Waals surface area contributed by atoms with Crippen LogP contribution in [-0.4, -0.2) is 24.9 Å². The van der Waals surface area contributed by atoms with Gasteiger partial charge in [-0.2, -0.15) is 0 Å². The Balaban J connectivity index is 1.63. The van der Waals surface area contributed by atoms with Crippen molar-refractivity contribution in [2.24, 2.45) is 17.8 Å². The summed E-state index contributed by atoms with van der Waals surface area (Å²) in [6.07, 6.45) is 5.91. The van der Waals surface area contributed by atoms with E-state index in [0.717, 1.165) is 31.3 Å². The second kappa shape index (κ2) is 3.97. The van der Waals surface area contributed by atoms with Crippen LogP contribution < -0.4 is 0 Å². The monoisotopic (exact) mass is 184 g/mol. The molecule has 2 aliphatic rings. The lowest BCUT2D eigenvalue weighted by atomic mass is 9.94. The maximum Gasteiger partial charge on any atom is 0.0569 e. The van der Waals surface area contributed by atoms with Gasteiger partial charge in [-0.25, -0.2) is 0 Å². The van der Waals surface area contributed by atoms with Crippen LogP contribution in [0.5, 0.6) is 0 Å². The number of aliphatic hydroxyl groups excluding tert-OH is 1. The zero-order valence-electron chi connectivity index (χ0n) is 8.41. The zero-order chi connectivity index (χ0) is 9.26. The Morgan fingerprint density at radius 2 is 2.00 bits per heavy atom. The fourth-order valence-electron chi connectivity index (χ4n) is 2.75. The number of hydrogen-bond acceptors (Lipinski definition) is 2. The van der Waals surface area contributed by atoms with Crippen LogP contribution in [0.25, 0.3) is 0 Å². The summed E-state index contributed by atoms with van der Waals surface area (Å²) in [5.74, 6) is 2.59. The Morgan fingerprint density at radius 3 is 2.62 bits per heavy atom. The SMILES string of the molecule is COCCCC(O)C1CC2CC2C1. The predicted molar refractivity (Wildman–Crippen MR) is 51.4 cm³/mol. The molecule has 1 N–H and O–H groups in total. The van der Waals surface area contributed by atoms with Gasteiger partial charge >= 0.3 is 0 Å². The first-order chi connectivity index (χ1) is 6.31. The van der Waals surface area contributed by atoms with Crippen LogP contribution in [-0.2, 0) is 4.74 Å². The largest absolute Gasteiger partial charge is 0.393 e. The quantitative estimate of drug-likeness (QED) is 0.660. The van der Waals surface area contributed by atoms with Gasteiger partial charge in [-0.15, -0.1) is 0 Å². The fraction of sp³-hybridized carbons (Fsp3) is 1.00. The van der Waals surface area contributed by atoms with Crippen molar-refractivity contribution >= 4 is 0 Å². The third-order valence-electron chi connectivity index (χ3n) is 3.67. The van der Waals surface area contributed by atoms with Crippen molar-refractivity contribution in [2.45, 2.75) is 38.2 Å². The zero-order valence-corrected chi connectivity index (χ0v) is 8.41. The van der Waals surface area contributed by atoms with Gasteiger partial charge in [0.15, 0.2) is 0 Å². The normalized spacial score (nSPS) is 38.8. The van der Waals surface area contributed by atoms with Crippen LogP contribution in [0.1, 0.15) is 32.1 Å². The van der Waals surface area contributed by atoms with Gasteiger partial charge in [-0.3, -0.25) is 0 Å². The van der Waals surface area contributed by atoms with Gasteiger partial charge in [-0.1, -0.05) is 0 Å². The van der Waals surface area contributed by atoms with Crippen LogP contribution in [0.2, 0.25) is 0 Å². The molecule has 0 aromatic carbocycles. The number of ether oxygens (including phenoxy) is 1. The Hall–Kier alpha value is -0.0800. The summed E-state index contributed by atoms with van der Waals surface area (Å²) in [7, 11) is 1.72. The molecule has 0 radical (unpaired) electrons. The molecule has 2 nitrogen and oxygen atoms in total. The molecule has 0 aromatic rings. The molecule has 0 spiro atoms. The number of fused-ring (bicyclic) bond motifs is 1. The highest BCUT2D eigenvalue weighted by Crippen LogP contribution is 2.55. The average molecular weight is 184 g/mol. The van der Waals surface area contributed by atoms with E-state index in [0.29, 0.717) is 5.92 Å². The molecule has 0 heterocycles. The molecular formula is C11H20O2. The molecule has 13 heavy (non-hydrogen) atoms. The lowest BCUT2D eigenvalue weighted by molar-refractivity contribution is 0.0821. The molecule has 0 saturated heterocycles. The first-order valence-electron chi connectivity index (χ1n) is 5.48. The van der Waals surface area contributed by atoms with Gasteiger partial charge in [0.05, 0.1) is 6.10 Å². The van der Waals surface area contributed by atoms with E-state index in [2.05, 4.69) is 0 Å². The van der Waals surface area contributed by atoms with Gasteiger partial charge in [-0.05, 0) is 49.9 Å². The predicted octanol–water partition coefficient (Wildman–Crippen LogP) is 1.82. The van der Waals surface area contributed by atoms with Crippen LogP contribution in [0, 0.1) is 17.8 Å². The smallest absolute Gasteiger partial charge is 0.0569 e. The Morgan fingerprint density at radius 1 is 1.31 bits per heavy atom. The minimum absolute atomic E-state index is 0.0528. The van der Waals surface area contributed by atoms with E-state index in [1.165, 1.54) is 19.3 Å². The summed E-state index contributed by atoms with van der Waals surface area (Å²) in [6.45, 7) is 0.788. The van der Waals surface area contributed by atoms with Crippen molar-refractivity contribution < 1.29 is 9.84 Å². The number of aliphatic hydroxyl groups is 1. The van der Waals surface area contributed by atoms with Gasteiger partial charge in [0.2, 0.25) is 0 Å². The second-order valence-electron chi connectivity index (χ2n) is 4.69. The minimum atomic E-state index is -0.0528. The molecule has 2 saturated carbocycles. The van der Waals surface area contributed by atoms with Gasteiger partial charge < -0.3 is 9.84 Å². The highest BCUT2D eigenvalue weighted by Gasteiger charge is 2.47. The second-order valence-corrected chi connectivity index (χ2v) is 4.69. The summed E-state index contributed by atoms with van der Waals surface area (Å²) in [5.41, 5.74) is 0. The molecule has 2 rings (SSSR count). The summed E-state index contributed by atoms with van der Waals surface area (Å²) in [4.78, 5) is 0. The van der Waals surface area contributed by atoms with Crippen LogP contribution >= 0.6 is 0 Å². The summed E-state index contributed by atoms with van der Waals surface area (Å²) < 4.78 is 4.97. The Kier molecular flexibility index (Phi) is 2.89. The maximum atomic E-state index is 9.86. The van der Waals surface area contributed by atoms with Crippen molar-refractivity contribution in [2.75, 3.05) is 13.7 Å². The van der Waals surface area contributed by atoms with Crippen molar-refractivity contribution in [3.63, 3.8) is 0 Å². The highest BCUT2D eigenvalue weighted by molar-refractivity contribution is 4.97. The van der Waals surface area contributed by atoms with E-state index in [4.69, 9.17) is 4.74 Å². The van der Waals surface area contributed by atoms with E-state index in [9.17, 15) is 5.11 Å². The lowest BCUT2D eigenvalue weighted by Crippen LogP contribution is -2.19. The van der Waals surface area contributed by atoms with Gasteiger partial charge in [0, 0.05) is 13.7 Å². The molecule has 2 aliphatic carbocycles. The molecular weight excluding hydrogens is 164 g/mol. The standard InChI is InChI=1S/C11H20O2/c1-13-4-2-3-11(12)10-6-8-5-9(8)7-10/h8-12H,2-7H2,1H3. The van der Waals surface area contributed by atoms with E-state index in [-0.39, 0.29) is 6.10 Å². The number of methoxy groups -OCH3 is 1. The third-order valence-corrected chi connectivity index (χ3v) is 3.67. The highest BCUT2D eigenvalue weighted by atomic mass is 16.5. The topological polar surface area (TPSA) is 29.5 Å². The average Bonchev–Trinajstić information content (AvgIpc) is 2.74. The molecule has 3 atom stereocenters. The molecule has 76 valence electrons. The molecule has 2 heteroatoms. The number of rotatable bonds is 5. The van der Waals surface area contributed by atoms with Crippen LogP contribution in [0.15, 0.2) is 0 Å². The fourth-order valence-corrected chi connectivity index (χ4v) is 2.75. The molecule has 0 aliphatic heterocycles. The van der Waals surface area contributed by atoms with Gasteiger partial charge in [0.25, 0.3) is 0 Å². The van der Waals surface area contributed by atoms with E-state index in [1.807, 2.05) is 0 Å². The Bertz CT molecular complexity index is 159. The van der Waals surface area contributed by atoms with Crippen LogP contribution in [0.4, 0.5) is 0 Å². The molecule has 0 aromatic heterocycles. The van der Waals surface area contributed by atoms with Crippen LogP contribution in [0.3, 0.4) is 0 Å². The Labute approximate surface area is 80.3 Å². The van der Waals surface area contributed by atoms with Crippen molar-refractivity contribution in [1.29, 1.82) is 0 Å². The van der Waals surface area contributed by atoms with Gasteiger partial charge in [0.1, 0.15) is 0 Å². The van der Waals surface area contributed by atoms with E-state index < -0.39 is 0 Å². The molecule has 3 unspecified atom stereocenters. The maximum absolute atomic E-state index is 9.86. The molecule has 0 amide bonds. The molecule has 2 fully saturated rings. The third kappa shape index (κ3) is 2.23. The summed E-state index contributed by atoms with van der Waals surface area (Å²) >= 11 is 0. The first-order valence-corrected chi connectivity index (χ1v) is 5.48. The van der Waals surface area contributed by atoms with E-state index >= 15 is 0 Å². The first kappa shape index (κ1) is 9.47. The van der Waals surface area contributed by atoms with Crippen molar-refractivity contribution in [3.05, 3.63) is 0 Å².